The predicted molar refractivity (Wildman–Crippen MR) is 117 cm³/mol. The van der Waals surface area contributed by atoms with Crippen molar-refractivity contribution in [3.63, 3.8) is 0 Å². The smallest absolute Gasteiger partial charge is 0.316 e. The number of carbonyl (C=O) groups excluding carboxylic acids is 1. The fraction of sp³-hybridized carbons (Fsp3) is 0.417. The van der Waals surface area contributed by atoms with Gasteiger partial charge in [0.2, 0.25) is 0 Å². The standard InChI is InChI=1S/C24H27FN4O2/c1-3-21(29-23(30)17-13-27-24(31-2)28-14-17)16-9-7-15(8-10-16)18-11-12-26-22-19(18)5-4-6-20(22)25/h4-6,11-16,21H,3,7-10H2,1-2H3,(H,29,30)/t15?,16?,21-/m1/s1. The highest BCUT2D eigenvalue weighted by Crippen LogP contribution is 2.40. The molecule has 0 spiro atoms. The first kappa shape index (κ1) is 21.2. The van der Waals surface area contributed by atoms with Gasteiger partial charge in [-0.15, -0.1) is 0 Å². The first-order chi connectivity index (χ1) is 15.1. The molecule has 31 heavy (non-hydrogen) atoms. The molecule has 0 bridgehead atoms. The lowest BCUT2D eigenvalue weighted by Crippen LogP contribution is -2.41. The number of nitrogens with one attached hydrogen (secondary N) is 1. The Bertz CT molecular complexity index is 1050. The fourth-order valence-corrected chi connectivity index (χ4v) is 4.69. The molecule has 0 unspecified atom stereocenters. The van der Waals surface area contributed by atoms with E-state index in [1.807, 2.05) is 12.1 Å². The van der Waals surface area contributed by atoms with Crippen LogP contribution in [0.2, 0.25) is 0 Å². The summed E-state index contributed by atoms with van der Waals surface area (Å²) in [6.07, 6.45) is 9.59. The van der Waals surface area contributed by atoms with Gasteiger partial charge in [-0.3, -0.25) is 9.78 Å². The second-order valence-electron chi connectivity index (χ2n) is 8.09. The van der Waals surface area contributed by atoms with Crippen molar-refractivity contribution in [2.24, 2.45) is 5.92 Å². The molecule has 1 fully saturated rings. The van der Waals surface area contributed by atoms with Gasteiger partial charge in [-0.25, -0.2) is 14.4 Å². The van der Waals surface area contributed by atoms with Crippen LogP contribution in [0.5, 0.6) is 6.01 Å². The Labute approximate surface area is 181 Å². The number of ether oxygens (including phenoxy) is 1. The summed E-state index contributed by atoms with van der Waals surface area (Å²) >= 11 is 0. The molecule has 6 nitrogen and oxygen atoms in total. The number of amides is 1. The zero-order valence-corrected chi connectivity index (χ0v) is 17.8. The van der Waals surface area contributed by atoms with Crippen LogP contribution >= 0.6 is 0 Å². The van der Waals surface area contributed by atoms with E-state index in [9.17, 15) is 9.18 Å². The minimum absolute atomic E-state index is 0.0992. The third-order valence-electron chi connectivity index (χ3n) is 6.37. The summed E-state index contributed by atoms with van der Waals surface area (Å²) in [5.41, 5.74) is 2.05. The molecule has 1 aromatic carbocycles. The molecule has 3 aromatic rings. The Morgan fingerprint density at radius 3 is 2.58 bits per heavy atom. The van der Waals surface area contributed by atoms with Crippen molar-refractivity contribution in [2.45, 2.75) is 51.0 Å². The van der Waals surface area contributed by atoms with E-state index in [0.717, 1.165) is 37.5 Å². The maximum atomic E-state index is 14.1. The highest BCUT2D eigenvalue weighted by molar-refractivity contribution is 5.93. The number of hydrogen-bond acceptors (Lipinski definition) is 5. The van der Waals surface area contributed by atoms with Gasteiger partial charge in [-0.1, -0.05) is 19.1 Å². The number of fused-ring (bicyclic) bond motifs is 1. The lowest BCUT2D eigenvalue weighted by atomic mass is 9.75. The van der Waals surface area contributed by atoms with E-state index in [0.29, 0.717) is 22.9 Å². The lowest BCUT2D eigenvalue weighted by Gasteiger charge is -2.34. The minimum atomic E-state index is -0.274. The van der Waals surface area contributed by atoms with Crippen LogP contribution in [0.4, 0.5) is 4.39 Å². The summed E-state index contributed by atoms with van der Waals surface area (Å²) in [6.45, 7) is 2.10. The van der Waals surface area contributed by atoms with Crippen LogP contribution < -0.4 is 10.1 Å². The molecule has 1 N–H and O–H groups in total. The molecular weight excluding hydrogens is 395 g/mol. The van der Waals surface area contributed by atoms with Gasteiger partial charge in [-0.05, 0) is 61.6 Å². The molecule has 1 saturated carbocycles. The SMILES string of the molecule is CC[C@@H](NC(=O)c1cnc(OC)nc1)C1CCC(c2ccnc3c(F)cccc23)CC1. The Balaban J connectivity index is 1.41. The van der Waals surface area contributed by atoms with E-state index < -0.39 is 0 Å². The van der Waals surface area contributed by atoms with E-state index in [1.54, 1.807) is 12.3 Å². The monoisotopic (exact) mass is 422 g/mol. The summed E-state index contributed by atoms with van der Waals surface area (Å²) in [7, 11) is 1.49. The molecule has 162 valence electrons. The van der Waals surface area contributed by atoms with Gasteiger partial charge >= 0.3 is 6.01 Å². The largest absolute Gasteiger partial charge is 0.467 e. The van der Waals surface area contributed by atoms with Gasteiger partial charge < -0.3 is 10.1 Å². The molecule has 0 aliphatic heterocycles. The molecule has 2 heterocycles. The number of rotatable bonds is 6. The van der Waals surface area contributed by atoms with Gasteiger partial charge in [0.05, 0.1) is 12.7 Å². The number of hydrogen-bond donors (Lipinski definition) is 1. The van der Waals surface area contributed by atoms with Crippen LogP contribution in [-0.2, 0) is 0 Å². The molecule has 2 aromatic heterocycles. The molecule has 0 radical (unpaired) electrons. The first-order valence-corrected chi connectivity index (χ1v) is 10.8. The van der Waals surface area contributed by atoms with Gasteiger partial charge in [0.25, 0.3) is 5.91 Å². The van der Waals surface area contributed by atoms with Crippen molar-refractivity contribution in [1.29, 1.82) is 0 Å². The normalized spacial score (nSPS) is 19.7. The number of nitrogens with zero attached hydrogens (tertiary/aromatic N) is 3. The highest BCUT2D eigenvalue weighted by Gasteiger charge is 2.29. The van der Waals surface area contributed by atoms with Crippen molar-refractivity contribution in [2.75, 3.05) is 7.11 Å². The number of aromatic nitrogens is 3. The maximum absolute atomic E-state index is 14.1. The molecule has 1 aliphatic carbocycles. The fourth-order valence-electron chi connectivity index (χ4n) is 4.69. The van der Waals surface area contributed by atoms with Crippen LogP contribution in [0, 0.1) is 11.7 Å². The number of benzene rings is 1. The number of para-hydroxylation sites is 1. The van der Waals surface area contributed by atoms with Crippen molar-refractivity contribution in [1.82, 2.24) is 20.3 Å². The van der Waals surface area contributed by atoms with Crippen LogP contribution in [0.3, 0.4) is 0 Å². The van der Waals surface area contributed by atoms with Crippen molar-refractivity contribution in [3.05, 3.63) is 59.8 Å². The molecule has 1 amide bonds. The third kappa shape index (κ3) is 4.50. The van der Waals surface area contributed by atoms with Gasteiger partial charge in [0.15, 0.2) is 0 Å². The molecule has 7 heteroatoms. The van der Waals surface area contributed by atoms with Crippen LogP contribution in [0.15, 0.2) is 42.9 Å². The topological polar surface area (TPSA) is 77.0 Å². The van der Waals surface area contributed by atoms with E-state index in [1.165, 1.54) is 31.1 Å². The summed E-state index contributed by atoms with van der Waals surface area (Å²) < 4.78 is 19.1. The maximum Gasteiger partial charge on any atom is 0.316 e. The summed E-state index contributed by atoms with van der Waals surface area (Å²) in [6, 6.07) is 7.53. The number of methoxy groups -OCH3 is 1. The summed E-state index contributed by atoms with van der Waals surface area (Å²) in [5.74, 6) is 0.359. The zero-order chi connectivity index (χ0) is 21.8. The average molecular weight is 423 g/mol. The van der Waals surface area contributed by atoms with Gasteiger partial charge in [0, 0.05) is 30.0 Å². The van der Waals surface area contributed by atoms with Crippen LogP contribution in [0.25, 0.3) is 10.9 Å². The Morgan fingerprint density at radius 1 is 1.16 bits per heavy atom. The third-order valence-corrected chi connectivity index (χ3v) is 6.37. The van der Waals surface area contributed by atoms with Gasteiger partial charge in [0.1, 0.15) is 11.3 Å². The molecule has 1 aliphatic rings. The molecular formula is C24H27FN4O2. The zero-order valence-electron chi connectivity index (χ0n) is 17.8. The first-order valence-electron chi connectivity index (χ1n) is 10.8. The van der Waals surface area contributed by atoms with Crippen molar-refractivity contribution >= 4 is 16.8 Å². The second kappa shape index (κ2) is 9.37. The van der Waals surface area contributed by atoms with Crippen LogP contribution in [-0.4, -0.2) is 34.0 Å². The number of halogens is 1. The molecule has 1 atom stereocenters. The quantitative estimate of drug-likeness (QED) is 0.625. The van der Waals surface area contributed by atoms with E-state index in [2.05, 4.69) is 27.2 Å². The predicted octanol–water partition coefficient (Wildman–Crippen LogP) is 4.65. The molecule has 4 rings (SSSR count). The number of carbonyl (C=O) groups is 1. The van der Waals surface area contributed by atoms with Crippen molar-refractivity contribution in [3.8, 4) is 6.01 Å². The second-order valence-corrected chi connectivity index (χ2v) is 8.09. The van der Waals surface area contributed by atoms with E-state index in [4.69, 9.17) is 4.74 Å². The Morgan fingerprint density at radius 2 is 1.90 bits per heavy atom. The average Bonchev–Trinajstić information content (AvgIpc) is 2.82. The van der Waals surface area contributed by atoms with Crippen LogP contribution in [0.1, 0.15) is 60.9 Å². The summed E-state index contributed by atoms with van der Waals surface area (Å²) in [4.78, 5) is 24.9. The Hall–Kier alpha value is -3.09. The minimum Gasteiger partial charge on any atom is -0.467 e. The molecule has 0 saturated heterocycles. The lowest BCUT2D eigenvalue weighted by molar-refractivity contribution is 0.0908. The number of pyridine rings is 1. The van der Waals surface area contributed by atoms with E-state index in [-0.39, 0.29) is 23.8 Å². The summed E-state index contributed by atoms with van der Waals surface area (Å²) in [5, 5.41) is 4.07. The van der Waals surface area contributed by atoms with Crippen molar-refractivity contribution < 1.29 is 13.9 Å². The highest BCUT2D eigenvalue weighted by atomic mass is 19.1. The van der Waals surface area contributed by atoms with E-state index >= 15 is 0 Å². The Kier molecular flexibility index (Phi) is 6.39. The van der Waals surface area contributed by atoms with Gasteiger partial charge in [-0.2, -0.15) is 0 Å².